The minimum Gasteiger partial charge on any atom is -0.484 e. The molecule has 0 saturated carbocycles. The van der Waals surface area contributed by atoms with E-state index in [1.807, 2.05) is 45.0 Å². The first-order valence-corrected chi connectivity index (χ1v) is 10.6. The molecule has 2 aromatic rings. The molecule has 5 nitrogen and oxygen atoms in total. The van der Waals surface area contributed by atoms with Gasteiger partial charge in [-0.3, -0.25) is 9.59 Å². The number of benzene rings is 2. The number of ether oxygens (including phenoxy) is 1. The first kappa shape index (κ1) is 23.2. The summed E-state index contributed by atoms with van der Waals surface area (Å²) >= 11 is 9.60. The Morgan fingerprint density at radius 3 is 2.45 bits per heavy atom. The van der Waals surface area contributed by atoms with E-state index in [1.165, 1.54) is 4.90 Å². The number of nitrogens with one attached hydrogen (secondary N) is 1. The second-order valence-electron chi connectivity index (χ2n) is 6.88. The number of hydrogen-bond acceptors (Lipinski definition) is 3. The van der Waals surface area contributed by atoms with E-state index in [0.29, 0.717) is 17.3 Å². The van der Waals surface area contributed by atoms with Crippen molar-refractivity contribution in [2.45, 2.75) is 40.3 Å². The molecule has 29 heavy (non-hydrogen) atoms. The molecule has 2 aromatic carbocycles. The van der Waals surface area contributed by atoms with Crippen molar-refractivity contribution in [1.29, 1.82) is 0 Å². The van der Waals surface area contributed by atoms with E-state index in [9.17, 15) is 9.59 Å². The van der Waals surface area contributed by atoms with Gasteiger partial charge >= 0.3 is 0 Å². The van der Waals surface area contributed by atoms with Gasteiger partial charge in [0.1, 0.15) is 11.8 Å². The molecule has 0 fully saturated rings. The summed E-state index contributed by atoms with van der Waals surface area (Å²) in [6.45, 7) is 8.08. The van der Waals surface area contributed by atoms with Gasteiger partial charge in [0, 0.05) is 22.6 Å². The second kappa shape index (κ2) is 10.6. The van der Waals surface area contributed by atoms with Crippen LogP contribution in [-0.4, -0.2) is 35.9 Å². The average molecular weight is 482 g/mol. The summed E-state index contributed by atoms with van der Waals surface area (Å²) in [7, 11) is 0. The van der Waals surface area contributed by atoms with Gasteiger partial charge in [0.25, 0.3) is 5.91 Å². The van der Waals surface area contributed by atoms with Gasteiger partial charge < -0.3 is 15.0 Å². The number of amides is 2. The fourth-order valence-corrected chi connectivity index (χ4v) is 3.40. The molecule has 7 heteroatoms. The maximum Gasteiger partial charge on any atom is 0.261 e. The largest absolute Gasteiger partial charge is 0.484 e. The third-order valence-electron chi connectivity index (χ3n) is 4.53. The average Bonchev–Trinajstić information content (AvgIpc) is 2.68. The Labute approximate surface area is 185 Å². The van der Waals surface area contributed by atoms with Crippen molar-refractivity contribution in [3.05, 3.63) is 62.6 Å². The van der Waals surface area contributed by atoms with Gasteiger partial charge in [-0.2, -0.15) is 0 Å². The molecule has 0 bridgehead atoms. The quantitative estimate of drug-likeness (QED) is 0.597. The highest BCUT2D eigenvalue weighted by Gasteiger charge is 2.26. The summed E-state index contributed by atoms with van der Waals surface area (Å²) in [6.07, 6.45) is 0. The van der Waals surface area contributed by atoms with Crippen molar-refractivity contribution >= 4 is 39.3 Å². The minimum absolute atomic E-state index is 0.162. The maximum absolute atomic E-state index is 13.0. The first-order valence-electron chi connectivity index (χ1n) is 9.44. The summed E-state index contributed by atoms with van der Waals surface area (Å²) < 4.78 is 6.76. The van der Waals surface area contributed by atoms with Crippen LogP contribution < -0.4 is 10.1 Å². The van der Waals surface area contributed by atoms with E-state index in [1.54, 1.807) is 19.1 Å². The van der Waals surface area contributed by atoms with Gasteiger partial charge in [-0.1, -0.05) is 39.7 Å². The molecule has 0 aliphatic heterocycles. The molecule has 0 aromatic heterocycles. The number of carbonyl (C=O) groups is 2. The van der Waals surface area contributed by atoms with Gasteiger partial charge in [0.2, 0.25) is 5.91 Å². The van der Waals surface area contributed by atoms with Crippen LogP contribution in [0.4, 0.5) is 0 Å². The van der Waals surface area contributed by atoms with Crippen molar-refractivity contribution in [1.82, 2.24) is 10.2 Å². The van der Waals surface area contributed by atoms with Gasteiger partial charge in [0.15, 0.2) is 6.61 Å². The molecule has 0 saturated heterocycles. The van der Waals surface area contributed by atoms with Crippen LogP contribution in [0.2, 0.25) is 5.02 Å². The third-order valence-corrected chi connectivity index (χ3v) is 6.02. The zero-order chi connectivity index (χ0) is 21.6. The van der Waals surface area contributed by atoms with E-state index in [-0.39, 0.29) is 25.0 Å². The first-order chi connectivity index (χ1) is 13.7. The lowest BCUT2D eigenvalue weighted by Gasteiger charge is -2.28. The van der Waals surface area contributed by atoms with E-state index in [2.05, 4.69) is 21.2 Å². The summed E-state index contributed by atoms with van der Waals surface area (Å²) in [5, 5.41) is 3.35. The highest BCUT2D eigenvalue weighted by molar-refractivity contribution is 9.10. The number of hydrogen-bond donors (Lipinski definition) is 1. The third kappa shape index (κ3) is 6.47. The van der Waals surface area contributed by atoms with Crippen LogP contribution in [0.3, 0.4) is 0 Å². The van der Waals surface area contributed by atoms with Crippen LogP contribution in [0.15, 0.2) is 40.9 Å². The van der Waals surface area contributed by atoms with Crippen molar-refractivity contribution in [3.8, 4) is 5.75 Å². The molecule has 0 unspecified atom stereocenters. The number of likely N-dealkylation sites (N-methyl/N-ethyl adjacent to an activating group) is 1. The molecular formula is C22H26BrClN2O3. The lowest BCUT2D eigenvalue weighted by molar-refractivity contribution is -0.142. The highest BCUT2D eigenvalue weighted by Crippen LogP contribution is 2.26. The normalized spacial score (nSPS) is 11.7. The van der Waals surface area contributed by atoms with Crippen molar-refractivity contribution in [2.24, 2.45) is 0 Å². The standard InChI is InChI=1S/C22H26BrClN2O3/c1-5-25-22(28)16(4)26(12-17-7-6-8-18(24)11-17)20(27)13-29-19-9-14(2)21(23)15(3)10-19/h6-11,16H,5,12-13H2,1-4H3,(H,25,28)/t16-/m0/s1. The van der Waals surface area contributed by atoms with Crippen LogP contribution in [0.1, 0.15) is 30.5 Å². The Balaban J connectivity index is 2.18. The van der Waals surface area contributed by atoms with E-state index in [0.717, 1.165) is 21.2 Å². The summed E-state index contributed by atoms with van der Waals surface area (Å²) in [5.74, 6) is 0.130. The summed E-state index contributed by atoms with van der Waals surface area (Å²) in [4.78, 5) is 26.9. The molecule has 156 valence electrons. The summed E-state index contributed by atoms with van der Waals surface area (Å²) in [6, 6.07) is 10.4. The number of halogens is 2. The van der Waals surface area contributed by atoms with Crippen molar-refractivity contribution in [2.75, 3.05) is 13.2 Å². The molecular weight excluding hydrogens is 456 g/mol. The molecule has 0 aliphatic rings. The van der Waals surface area contributed by atoms with Crippen LogP contribution in [0.5, 0.6) is 5.75 Å². The van der Waals surface area contributed by atoms with Crippen LogP contribution in [0, 0.1) is 13.8 Å². The highest BCUT2D eigenvalue weighted by atomic mass is 79.9. The van der Waals surface area contributed by atoms with Gasteiger partial charge in [-0.05, 0) is 68.7 Å². The lowest BCUT2D eigenvalue weighted by atomic mass is 10.1. The number of nitrogens with zero attached hydrogens (tertiary/aromatic N) is 1. The Morgan fingerprint density at radius 1 is 1.21 bits per heavy atom. The van der Waals surface area contributed by atoms with Crippen molar-refractivity contribution in [3.63, 3.8) is 0 Å². The predicted molar refractivity (Wildman–Crippen MR) is 119 cm³/mol. The monoisotopic (exact) mass is 480 g/mol. The van der Waals surface area contributed by atoms with Crippen LogP contribution in [0.25, 0.3) is 0 Å². The molecule has 0 radical (unpaired) electrons. The lowest BCUT2D eigenvalue weighted by Crippen LogP contribution is -2.49. The molecule has 1 N–H and O–H groups in total. The zero-order valence-corrected chi connectivity index (χ0v) is 19.4. The Kier molecular flexibility index (Phi) is 8.53. The molecule has 2 amide bonds. The number of aryl methyl sites for hydroxylation is 2. The predicted octanol–water partition coefficient (Wildman–Crippen LogP) is 4.65. The van der Waals surface area contributed by atoms with Crippen molar-refractivity contribution < 1.29 is 14.3 Å². The Hall–Kier alpha value is -2.05. The second-order valence-corrected chi connectivity index (χ2v) is 8.11. The van der Waals surface area contributed by atoms with Crippen LogP contribution in [-0.2, 0) is 16.1 Å². The molecule has 0 aliphatic carbocycles. The SMILES string of the molecule is CCNC(=O)[C@H](C)N(Cc1cccc(Cl)c1)C(=O)COc1cc(C)c(Br)c(C)c1. The number of rotatable bonds is 8. The molecule has 1 atom stereocenters. The topological polar surface area (TPSA) is 58.6 Å². The van der Waals surface area contributed by atoms with Gasteiger partial charge in [-0.25, -0.2) is 0 Å². The minimum atomic E-state index is -0.640. The van der Waals surface area contributed by atoms with E-state index < -0.39 is 6.04 Å². The van der Waals surface area contributed by atoms with E-state index >= 15 is 0 Å². The smallest absolute Gasteiger partial charge is 0.261 e. The van der Waals surface area contributed by atoms with E-state index in [4.69, 9.17) is 16.3 Å². The Bertz CT molecular complexity index is 865. The van der Waals surface area contributed by atoms with Gasteiger partial charge in [-0.15, -0.1) is 0 Å². The van der Waals surface area contributed by atoms with Crippen LogP contribution >= 0.6 is 27.5 Å². The fraction of sp³-hybridized carbons (Fsp3) is 0.364. The zero-order valence-electron chi connectivity index (χ0n) is 17.1. The maximum atomic E-state index is 13.0. The molecule has 0 spiro atoms. The molecule has 2 rings (SSSR count). The van der Waals surface area contributed by atoms with Gasteiger partial charge in [0.05, 0.1) is 0 Å². The molecule has 0 heterocycles. The fourth-order valence-electron chi connectivity index (χ4n) is 2.95. The number of carbonyl (C=O) groups excluding carboxylic acids is 2. The summed E-state index contributed by atoms with van der Waals surface area (Å²) in [5.41, 5.74) is 2.90. The Morgan fingerprint density at radius 2 is 1.86 bits per heavy atom.